The predicted molar refractivity (Wildman–Crippen MR) is 110 cm³/mol. The second-order valence-electron chi connectivity index (χ2n) is 7.86. The quantitative estimate of drug-likeness (QED) is 0.419. The largest absolute Gasteiger partial charge is 0.491 e. The van der Waals surface area contributed by atoms with Gasteiger partial charge >= 0.3 is 13.1 Å². The van der Waals surface area contributed by atoms with Crippen LogP contribution in [0.4, 0.5) is 0 Å². The van der Waals surface area contributed by atoms with E-state index in [1.807, 2.05) is 45.9 Å². The van der Waals surface area contributed by atoms with Crippen LogP contribution >= 0.6 is 0 Å². The molecule has 6 nitrogen and oxygen atoms in total. The minimum Gasteiger partial charge on any atom is -0.466 e. The molecule has 152 valence electrons. The number of Topliss-reactive ketones (excluding diaryl/α,β-unsaturated/α-hetero) is 1. The average Bonchev–Trinajstić information content (AvgIpc) is 2.85. The van der Waals surface area contributed by atoms with E-state index in [2.05, 4.69) is 0 Å². The van der Waals surface area contributed by atoms with Crippen LogP contribution in [0.5, 0.6) is 0 Å². The maximum absolute atomic E-state index is 12.2. The van der Waals surface area contributed by atoms with Gasteiger partial charge in [0.2, 0.25) is 0 Å². The molecule has 1 aliphatic rings. The van der Waals surface area contributed by atoms with Crippen molar-refractivity contribution in [2.45, 2.75) is 58.7 Å². The maximum atomic E-state index is 12.2. The van der Waals surface area contributed by atoms with E-state index < -0.39 is 18.3 Å². The molecule has 2 rings (SSSR count). The summed E-state index contributed by atoms with van der Waals surface area (Å²) < 4.78 is 17.0. The molecule has 1 heterocycles. The minimum absolute atomic E-state index is 0.0893. The van der Waals surface area contributed by atoms with Gasteiger partial charge in [-0.05, 0) is 45.7 Å². The number of esters is 1. The van der Waals surface area contributed by atoms with E-state index in [9.17, 15) is 9.59 Å². The van der Waals surface area contributed by atoms with Crippen molar-refractivity contribution < 1.29 is 23.6 Å². The van der Waals surface area contributed by atoms with Crippen LogP contribution in [0.1, 0.15) is 63.4 Å². The molecule has 0 spiro atoms. The van der Waals surface area contributed by atoms with Crippen molar-refractivity contribution in [1.82, 2.24) is 0 Å². The smallest absolute Gasteiger partial charge is 0.466 e. The maximum Gasteiger partial charge on any atom is 0.491 e. The fraction of sp³-hybridized carbons (Fsp3) is 0.524. The van der Waals surface area contributed by atoms with Crippen LogP contribution in [0.25, 0.3) is 6.08 Å². The zero-order valence-corrected chi connectivity index (χ0v) is 17.4. The van der Waals surface area contributed by atoms with Crippen molar-refractivity contribution in [3.63, 3.8) is 0 Å². The van der Waals surface area contributed by atoms with Gasteiger partial charge in [-0.25, -0.2) is 0 Å². The lowest BCUT2D eigenvalue weighted by atomic mass is 9.77. The molecule has 2 N–H and O–H groups in total. The van der Waals surface area contributed by atoms with E-state index >= 15 is 0 Å². The molecule has 0 atom stereocenters. The first kappa shape index (κ1) is 22.3. The van der Waals surface area contributed by atoms with Crippen LogP contribution in [0, 0.1) is 0 Å². The summed E-state index contributed by atoms with van der Waals surface area (Å²) in [5, 5.41) is 0. The number of carbonyl (C=O) groups excluding carboxylic acids is 2. The first-order valence-corrected chi connectivity index (χ1v) is 9.64. The van der Waals surface area contributed by atoms with E-state index in [1.54, 1.807) is 19.1 Å². The number of benzene rings is 1. The third kappa shape index (κ3) is 5.31. The number of ketones is 1. The Bertz CT molecular complexity index is 724. The molecule has 1 aromatic carbocycles. The Hall–Kier alpha value is -1.96. The molecule has 0 saturated carbocycles. The number of nitrogens with two attached hydrogens (primary N) is 1. The van der Waals surface area contributed by atoms with Gasteiger partial charge in [0.15, 0.2) is 5.78 Å². The van der Waals surface area contributed by atoms with Crippen molar-refractivity contribution in [3.05, 3.63) is 40.9 Å². The van der Waals surface area contributed by atoms with Crippen molar-refractivity contribution in [1.29, 1.82) is 0 Å². The number of hydrogen-bond acceptors (Lipinski definition) is 6. The molecule has 1 saturated heterocycles. The standard InChI is InChI=1S/C21H30BNO5/c1-6-26-19(25)12-11-18(24)16-9-7-15(8-10-16)13-17(14-23)22-27-20(2,3)21(4,5)28-22/h7-10,13H,6,11-12,14,23H2,1-5H3. The Morgan fingerprint density at radius 2 is 1.64 bits per heavy atom. The van der Waals surface area contributed by atoms with Gasteiger partial charge < -0.3 is 19.8 Å². The Kier molecular flexibility index (Phi) is 7.20. The van der Waals surface area contributed by atoms with Crippen LogP contribution in [-0.2, 0) is 18.8 Å². The summed E-state index contributed by atoms with van der Waals surface area (Å²) >= 11 is 0. The van der Waals surface area contributed by atoms with Crippen molar-refractivity contribution in [2.24, 2.45) is 5.73 Å². The highest BCUT2D eigenvalue weighted by molar-refractivity contribution is 6.55. The van der Waals surface area contributed by atoms with Gasteiger partial charge in [-0.15, -0.1) is 0 Å². The fourth-order valence-corrected chi connectivity index (χ4v) is 2.79. The fourth-order valence-electron chi connectivity index (χ4n) is 2.79. The summed E-state index contributed by atoms with van der Waals surface area (Å²) in [4.78, 5) is 23.6. The van der Waals surface area contributed by atoms with Crippen LogP contribution < -0.4 is 5.73 Å². The van der Waals surface area contributed by atoms with E-state index in [-0.39, 0.29) is 24.6 Å². The van der Waals surface area contributed by atoms with E-state index in [1.165, 1.54) is 0 Å². The molecule has 1 fully saturated rings. The van der Waals surface area contributed by atoms with Gasteiger partial charge in [-0.3, -0.25) is 9.59 Å². The second-order valence-corrected chi connectivity index (χ2v) is 7.86. The van der Waals surface area contributed by atoms with Crippen molar-refractivity contribution >= 4 is 24.9 Å². The van der Waals surface area contributed by atoms with Gasteiger partial charge in [0.25, 0.3) is 0 Å². The molecule has 7 heteroatoms. The van der Waals surface area contributed by atoms with Gasteiger partial charge in [0.1, 0.15) is 0 Å². The van der Waals surface area contributed by atoms with Crippen LogP contribution in [0.3, 0.4) is 0 Å². The molecule has 1 aliphatic heterocycles. The molecular formula is C21H30BNO5. The average molecular weight is 387 g/mol. The number of carbonyl (C=O) groups is 2. The Balaban J connectivity index is 2.06. The van der Waals surface area contributed by atoms with Gasteiger partial charge in [-0.1, -0.05) is 30.3 Å². The molecular weight excluding hydrogens is 357 g/mol. The molecule has 28 heavy (non-hydrogen) atoms. The molecule has 1 aromatic rings. The van der Waals surface area contributed by atoms with E-state index in [0.29, 0.717) is 18.7 Å². The molecule has 0 aliphatic carbocycles. The third-order valence-corrected chi connectivity index (χ3v) is 5.24. The topological polar surface area (TPSA) is 87.9 Å². The summed E-state index contributed by atoms with van der Waals surface area (Å²) in [6, 6.07) is 7.19. The monoisotopic (exact) mass is 387 g/mol. The van der Waals surface area contributed by atoms with E-state index in [4.69, 9.17) is 19.8 Å². The zero-order chi connectivity index (χ0) is 20.9. The van der Waals surface area contributed by atoms with Crippen LogP contribution in [-0.4, -0.2) is 43.2 Å². The SMILES string of the molecule is CCOC(=O)CCC(=O)c1ccc(C=C(CN)B2OC(C)(C)C(C)(C)O2)cc1. The summed E-state index contributed by atoms with van der Waals surface area (Å²) in [5.41, 5.74) is 7.36. The number of ether oxygens (including phenoxy) is 1. The van der Waals surface area contributed by atoms with Gasteiger partial charge in [0.05, 0.1) is 24.2 Å². The highest BCUT2D eigenvalue weighted by Crippen LogP contribution is 2.38. The summed E-state index contributed by atoms with van der Waals surface area (Å²) in [6.45, 7) is 10.4. The lowest BCUT2D eigenvalue weighted by Gasteiger charge is -2.32. The third-order valence-electron chi connectivity index (χ3n) is 5.24. The molecule has 0 bridgehead atoms. The van der Waals surface area contributed by atoms with Crippen LogP contribution in [0.15, 0.2) is 29.7 Å². The molecule has 0 radical (unpaired) electrons. The minimum atomic E-state index is -0.499. The summed E-state index contributed by atoms with van der Waals surface area (Å²) in [6.07, 6.45) is 2.15. The van der Waals surface area contributed by atoms with E-state index in [0.717, 1.165) is 11.0 Å². The first-order chi connectivity index (χ1) is 13.1. The Labute approximate surface area is 167 Å². The molecule has 0 unspecified atom stereocenters. The number of rotatable bonds is 8. The zero-order valence-electron chi connectivity index (χ0n) is 17.4. The first-order valence-electron chi connectivity index (χ1n) is 9.64. The summed E-state index contributed by atoms with van der Waals surface area (Å²) in [7, 11) is -0.499. The van der Waals surface area contributed by atoms with Crippen molar-refractivity contribution in [3.8, 4) is 0 Å². The van der Waals surface area contributed by atoms with Crippen LogP contribution in [0.2, 0.25) is 0 Å². The highest BCUT2D eigenvalue weighted by Gasteiger charge is 2.52. The highest BCUT2D eigenvalue weighted by atomic mass is 16.7. The lowest BCUT2D eigenvalue weighted by Crippen LogP contribution is -2.41. The summed E-state index contributed by atoms with van der Waals surface area (Å²) in [5.74, 6) is -0.445. The van der Waals surface area contributed by atoms with Gasteiger partial charge in [-0.2, -0.15) is 0 Å². The predicted octanol–water partition coefficient (Wildman–Crippen LogP) is 3.19. The van der Waals surface area contributed by atoms with Crippen molar-refractivity contribution in [2.75, 3.05) is 13.2 Å². The molecule has 0 aromatic heterocycles. The molecule has 0 amide bonds. The Morgan fingerprint density at radius 3 is 2.14 bits per heavy atom. The normalized spacial score (nSPS) is 18.2. The lowest BCUT2D eigenvalue weighted by molar-refractivity contribution is -0.143. The Morgan fingerprint density at radius 1 is 1.07 bits per heavy atom. The second kappa shape index (κ2) is 9.03. The van der Waals surface area contributed by atoms with Gasteiger partial charge in [0, 0.05) is 18.5 Å². The number of hydrogen-bond donors (Lipinski definition) is 1.